The average Bonchev–Trinajstić information content (AvgIpc) is 3.18. The zero-order valence-electron chi connectivity index (χ0n) is 13.4. The molecule has 2 aromatic heterocycles. The molecule has 2 heterocycles. The minimum Gasteiger partial charge on any atom is -0.333 e. The second-order valence-corrected chi connectivity index (χ2v) is 6.19. The lowest BCUT2D eigenvalue weighted by molar-refractivity contribution is 0.0725. The highest BCUT2D eigenvalue weighted by Crippen LogP contribution is 2.35. The van der Waals surface area contributed by atoms with Gasteiger partial charge in [-0.05, 0) is 43.0 Å². The molecule has 4 heteroatoms. The first-order valence-electron chi connectivity index (χ1n) is 7.95. The molecule has 1 aliphatic carbocycles. The number of fused-ring (bicyclic) bond motifs is 2. The Kier molecular flexibility index (Phi) is 3.18. The molecule has 23 heavy (non-hydrogen) atoms. The smallest absolute Gasteiger partial charge is 0.274 e. The third-order valence-electron chi connectivity index (χ3n) is 4.80. The minimum atomic E-state index is -0.0187. The number of hydrogen-bond acceptors (Lipinski definition) is 2. The standard InChI is InChI=1S/C19H19N3O/c1-13-6-5-9-18-20-16(12-22(13)18)19(23)21(2)17-11-10-14-7-3-4-8-15(14)17/h3-9,12,17H,10-11H2,1-2H3. The van der Waals surface area contributed by atoms with Gasteiger partial charge in [-0.15, -0.1) is 0 Å². The molecule has 1 amide bonds. The SMILES string of the molecule is Cc1cccc2nc(C(=O)N(C)C3CCc4ccccc43)cn12. The number of rotatable bonds is 2. The number of carbonyl (C=O) groups is 1. The van der Waals surface area contributed by atoms with Crippen LogP contribution in [0, 0.1) is 6.92 Å². The van der Waals surface area contributed by atoms with Gasteiger partial charge in [-0.25, -0.2) is 4.98 Å². The summed E-state index contributed by atoms with van der Waals surface area (Å²) in [7, 11) is 1.88. The molecule has 0 spiro atoms. The highest BCUT2D eigenvalue weighted by Gasteiger charge is 2.29. The maximum atomic E-state index is 12.9. The van der Waals surface area contributed by atoms with Crippen molar-refractivity contribution in [1.29, 1.82) is 0 Å². The summed E-state index contributed by atoms with van der Waals surface area (Å²) in [6.07, 6.45) is 3.85. The monoisotopic (exact) mass is 305 g/mol. The van der Waals surface area contributed by atoms with Crippen LogP contribution in [0.5, 0.6) is 0 Å². The van der Waals surface area contributed by atoms with E-state index >= 15 is 0 Å². The van der Waals surface area contributed by atoms with Crippen molar-refractivity contribution in [2.75, 3.05) is 7.05 Å². The molecular formula is C19H19N3O. The predicted octanol–water partition coefficient (Wildman–Crippen LogP) is 3.40. The molecule has 4 nitrogen and oxygen atoms in total. The topological polar surface area (TPSA) is 37.6 Å². The van der Waals surface area contributed by atoms with Crippen LogP contribution in [0.25, 0.3) is 5.65 Å². The summed E-state index contributed by atoms with van der Waals surface area (Å²) in [5, 5.41) is 0. The van der Waals surface area contributed by atoms with Crippen LogP contribution in [0.1, 0.15) is 39.8 Å². The Morgan fingerprint density at radius 2 is 2.04 bits per heavy atom. The second kappa shape index (κ2) is 5.23. The summed E-state index contributed by atoms with van der Waals surface area (Å²) < 4.78 is 1.96. The molecule has 0 bridgehead atoms. The zero-order chi connectivity index (χ0) is 16.0. The normalized spacial score (nSPS) is 16.5. The van der Waals surface area contributed by atoms with Gasteiger partial charge in [0.05, 0.1) is 6.04 Å². The van der Waals surface area contributed by atoms with Gasteiger partial charge in [-0.3, -0.25) is 4.79 Å². The Morgan fingerprint density at radius 1 is 1.22 bits per heavy atom. The molecule has 0 saturated heterocycles. The van der Waals surface area contributed by atoms with E-state index in [2.05, 4.69) is 23.2 Å². The van der Waals surface area contributed by atoms with E-state index in [1.54, 1.807) is 0 Å². The van der Waals surface area contributed by atoms with Crippen LogP contribution in [0.2, 0.25) is 0 Å². The number of hydrogen-bond donors (Lipinski definition) is 0. The quantitative estimate of drug-likeness (QED) is 0.727. The van der Waals surface area contributed by atoms with Crippen molar-refractivity contribution in [3.05, 3.63) is 71.2 Å². The van der Waals surface area contributed by atoms with Gasteiger partial charge < -0.3 is 9.30 Å². The summed E-state index contributed by atoms with van der Waals surface area (Å²) in [5.41, 5.74) is 5.01. The van der Waals surface area contributed by atoms with Crippen molar-refractivity contribution in [3.63, 3.8) is 0 Å². The first kappa shape index (κ1) is 14.0. The predicted molar refractivity (Wildman–Crippen MR) is 89.5 cm³/mol. The van der Waals surface area contributed by atoms with Crippen molar-refractivity contribution in [2.45, 2.75) is 25.8 Å². The Morgan fingerprint density at radius 3 is 2.87 bits per heavy atom. The number of nitrogens with zero attached hydrogens (tertiary/aromatic N) is 3. The average molecular weight is 305 g/mol. The third-order valence-corrected chi connectivity index (χ3v) is 4.80. The largest absolute Gasteiger partial charge is 0.333 e. The minimum absolute atomic E-state index is 0.0187. The lowest BCUT2D eigenvalue weighted by Gasteiger charge is -2.24. The van der Waals surface area contributed by atoms with Crippen LogP contribution < -0.4 is 0 Å². The molecule has 0 N–H and O–H groups in total. The number of imidazole rings is 1. The van der Waals surface area contributed by atoms with Gasteiger partial charge in [0.15, 0.2) is 0 Å². The lowest BCUT2D eigenvalue weighted by atomic mass is 10.1. The molecule has 116 valence electrons. The van der Waals surface area contributed by atoms with E-state index in [4.69, 9.17) is 0 Å². The van der Waals surface area contributed by atoms with Gasteiger partial charge in [-0.2, -0.15) is 0 Å². The fraction of sp³-hybridized carbons (Fsp3) is 0.263. The van der Waals surface area contributed by atoms with E-state index in [0.29, 0.717) is 5.69 Å². The van der Waals surface area contributed by atoms with E-state index in [1.165, 1.54) is 11.1 Å². The van der Waals surface area contributed by atoms with Gasteiger partial charge in [0.2, 0.25) is 0 Å². The number of benzene rings is 1. The maximum Gasteiger partial charge on any atom is 0.274 e. The summed E-state index contributed by atoms with van der Waals surface area (Å²) in [6, 6.07) is 14.4. The molecule has 3 aromatic rings. The van der Waals surface area contributed by atoms with Crippen LogP contribution in [0.3, 0.4) is 0 Å². The van der Waals surface area contributed by atoms with Gasteiger partial charge in [0, 0.05) is 18.9 Å². The summed E-state index contributed by atoms with van der Waals surface area (Å²) in [6.45, 7) is 2.01. The van der Waals surface area contributed by atoms with Crippen molar-refractivity contribution >= 4 is 11.6 Å². The van der Waals surface area contributed by atoms with Gasteiger partial charge in [-0.1, -0.05) is 30.3 Å². The molecule has 1 atom stereocenters. The lowest BCUT2D eigenvalue weighted by Crippen LogP contribution is -2.30. The van der Waals surface area contributed by atoms with Gasteiger partial charge >= 0.3 is 0 Å². The van der Waals surface area contributed by atoms with Crippen LogP contribution in [-0.4, -0.2) is 27.2 Å². The first-order valence-corrected chi connectivity index (χ1v) is 7.95. The van der Waals surface area contributed by atoms with Gasteiger partial charge in [0.25, 0.3) is 5.91 Å². The summed E-state index contributed by atoms with van der Waals surface area (Å²) in [5.74, 6) is -0.0187. The molecule has 1 unspecified atom stereocenters. The molecule has 0 saturated carbocycles. The van der Waals surface area contributed by atoms with Crippen molar-refractivity contribution in [1.82, 2.24) is 14.3 Å². The maximum absolute atomic E-state index is 12.9. The molecule has 1 aromatic carbocycles. The van der Waals surface area contributed by atoms with E-state index in [1.807, 2.05) is 53.7 Å². The van der Waals surface area contributed by atoms with Crippen molar-refractivity contribution in [3.8, 4) is 0 Å². The molecular weight excluding hydrogens is 286 g/mol. The highest BCUT2D eigenvalue weighted by atomic mass is 16.2. The number of amides is 1. The van der Waals surface area contributed by atoms with E-state index in [9.17, 15) is 4.79 Å². The fourth-order valence-corrected chi connectivity index (χ4v) is 3.51. The molecule has 0 aliphatic heterocycles. The molecule has 0 radical (unpaired) electrons. The Hall–Kier alpha value is -2.62. The summed E-state index contributed by atoms with van der Waals surface area (Å²) in [4.78, 5) is 19.2. The molecule has 4 rings (SSSR count). The first-order chi connectivity index (χ1) is 11.1. The van der Waals surface area contributed by atoms with Crippen molar-refractivity contribution in [2.24, 2.45) is 0 Å². The van der Waals surface area contributed by atoms with Gasteiger partial charge in [0.1, 0.15) is 11.3 Å². The van der Waals surface area contributed by atoms with Crippen LogP contribution in [0.4, 0.5) is 0 Å². The molecule has 0 fully saturated rings. The summed E-state index contributed by atoms with van der Waals surface area (Å²) >= 11 is 0. The van der Waals surface area contributed by atoms with E-state index < -0.39 is 0 Å². The fourth-order valence-electron chi connectivity index (χ4n) is 3.51. The Labute approximate surface area is 135 Å². The Balaban J connectivity index is 1.67. The number of aromatic nitrogens is 2. The number of aryl methyl sites for hydroxylation is 2. The highest BCUT2D eigenvalue weighted by molar-refractivity contribution is 5.93. The van der Waals surface area contributed by atoms with E-state index in [-0.39, 0.29) is 11.9 Å². The van der Waals surface area contributed by atoms with Crippen LogP contribution in [0.15, 0.2) is 48.7 Å². The Bertz CT molecular complexity index is 897. The zero-order valence-corrected chi connectivity index (χ0v) is 13.4. The number of pyridine rings is 1. The molecule has 1 aliphatic rings. The third kappa shape index (κ3) is 2.22. The van der Waals surface area contributed by atoms with Crippen molar-refractivity contribution < 1.29 is 4.79 Å². The second-order valence-electron chi connectivity index (χ2n) is 6.19. The number of carbonyl (C=O) groups excluding carboxylic acids is 1. The van der Waals surface area contributed by atoms with Crippen LogP contribution in [-0.2, 0) is 6.42 Å². The van der Waals surface area contributed by atoms with E-state index in [0.717, 1.165) is 24.2 Å². The van der Waals surface area contributed by atoms with Crippen LogP contribution >= 0.6 is 0 Å².